The average Bonchev–Trinajstić information content (AvgIpc) is 3.41. The zero-order valence-electron chi connectivity index (χ0n) is 15.6. The summed E-state index contributed by atoms with van der Waals surface area (Å²) in [5.41, 5.74) is 1.17. The molecule has 1 saturated carbocycles. The monoisotopic (exact) mass is 387 g/mol. The number of hydrogen-bond donors (Lipinski definition) is 2. The van der Waals surface area contributed by atoms with Gasteiger partial charge in [0.15, 0.2) is 5.16 Å². The van der Waals surface area contributed by atoms with Crippen molar-refractivity contribution >= 4 is 23.7 Å². The fourth-order valence-corrected chi connectivity index (χ4v) is 3.34. The number of rotatable bonds is 8. The number of urea groups is 1. The summed E-state index contributed by atoms with van der Waals surface area (Å²) >= 11 is 1.30. The lowest BCUT2D eigenvalue weighted by Gasteiger charge is -2.10. The van der Waals surface area contributed by atoms with E-state index in [-0.39, 0.29) is 11.7 Å². The number of imide groups is 1. The van der Waals surface area contributed by atoms with Crippen LogP contribution in [0.2, 0.25) is 0 Å². The van der Waals surface area contributed by atoms with Gasteiger partial charge in [-0.3, -0.25) is 10.1 Å². The van der Waals surface area contributed by atoms with Crippen LogP contribution < -0.4 is 10.6 Å². The van der Waals surface area contributed by atoms with Crippen LogP contribution in [0.4, 0.5) is 4.79 Å². The Hall–Kier alpha value is -2.35. The highest BCUT2D eigenvalue weighted by atomic mass is 32.2. The summed E-state index contributed by atoms with van der Waals surface area (Å²) in [6.45, 7) is 5.20. The Morgan fingerprint density at radius 1 is 1.22 bits per heavy atom. The Morgan fingerprint density at radius 3 is 2.63 bits per heavy atom. The topological polar surface area (TPSA) is 88.9 Å². The molecule has 144 valence electrons. The van der Waals surface area contributed by atoms with Crippen LogP contribution >= 0.6 is 11.8 Å². The maximum atomic E-state index is 12.0. The highest BCUT2D eigenvalue weighted by Gasteiger charge is 2.30. The number of carbonyl (C=O) groups is 2. The van der Waals surface area contributed by atoms with Crippen LogP contribution in [-0.4, -0.2) is 39.0 Å². The summed E-state index contributed by atoms with van der Waals surface area (Å²) in [7, 11) is 0. The molecule has 7 nitrogen and oxygen atoms in total. The standard InChI is InChI=1S/C19H25N5O2S/c1-13(2)10-20-18(26)21-16(25)12-27-19-23-22-17(15-8-9-15)24(19)11-14-6-4-3-5-7-14/h3-7,13,15H,8-12H2,1-2H3,(H2,20,21,25,26). The molecule has 0 atom stereocenters. The van der Waals surface area contributed by atoms with Crippen LogP contribution in [0.25, 0.3) is 0 Å². The first-order valence-corrected chi connectivity index (χ1v) is 10.2. The van der Waals surface area contributed by atoms with Gasteiger partial charge >= 0.3 is 6.03 Å². The van der Waals surface area contributed by atoms with Crippen molar-refractivity contribution in [2.45, 2.75) is 44.3 Å². The molecule has 1 aliphatic rings. The number of hydrogen-bond acceptors (Lipinski definition) is 5. The van der Waals surface area contributed by atoms with Gasteiger partial charge in [0.25, 0.3) is 0 Å². The summed E-state index contributed by atoms with van der Waals surface area (Å²) < 4.78 is 2.09. The van der Waals surface area contributed by atoms with Crippen molar-refractivity contribution in [3.05, 3.63) is 41.7 Å². The second-order valence-electron chi connectivity index (χ2n) is 7.13. The molecule has 0 aliphatic heterocycles. The van der Waals surface area contributed by atoms with Gasteiger partial charge in [0.2, 0.25) is 5.91 Å². The van der Waals surface area contributed by atoms with Gasteiger partial charge in [0.05, 0.1) is 12.3 Å². The Kier molecular flexibility index (Phi) is 6.49. The number of carbonyl (C=O) groups excluding carboxylic acids is 2. The number of benzene rings is 1. The van der Waals surface area contributed by atoms with Crippen LogP contribution in [0.1, 0.15) is 44.0 Å². The van der Waals surface area contributed by atoms with Gasteiger partial charge in [-0.05, 0) is 24.3 Å². The van der Waals surface area contributed by atoms with Gasteiger partial charge in [-0.1, -0.05) is 55.9 Å². The van der Waals surface area contributed by atoms with E-state index in [0.717, 1.165) is 18.7 Å². The molecule has 1 heterocycles. The van der Waals surface area contributed by atoms with Crippen LogP contribution in [0.15, 0.2) is 35.5 Å². The van der Waals surface area contributed by atoms with Crippen molar-refractivity contribution in [2.75, 3.05) is 12.3 Å². The van der Waals surface area contributed by atoms with Crippen molar-refractivity contribution in [2.24, 2.45) is 5.92 Å². The molecule has 8 heteroatoms. The fourth-order valence-electron chi connectivity index (χ4n) is 2.60. The fraction of sp³-hybridized carbons (Fsp3) is 0.474. The number of nitrogens with zero attached hydrogens (tertiary/aromatic N) is 3. The minimum Gasteiger partial charge on any atom is -0.338 e. The molecule has 2 aromatic rings. The molecule has 0 unspecified atom stereocenters. The molecule has 27 heavy (non-hydrogen) atoms. The van der Waals surface area contributed by atoms with Crippen molar-refractivity contribution in [1.82, 2.24) is 25.4 Å². The quantitative estimate of drug-likeness (QED) is 0.680. The Morgan fingerprint density at radius 2 is 1.96 bits per heavy atom. The lowest BCUT2D eigenvalue weighted by Crippen LogP contribution is -2.41. The second-order valence-corrected chi connectivity index (χ2v) is 8.07. The zero-order chi connectivity index (χ0) is 19.2. The van der Waals surface area contributed by atoms with Crippen LogP contribution in [0, 0.1) is 5.92 Å². The van der Waals surface area contributed by atoms with Gasteiger partial charge < -0.3 is 9.88 Å². The zero-order valence-corrected chi connectivity index (χ0v) is 16.5. The van der Waals surface area contributed by atoms with E-state index in [4.69, 9.17) is 0 Å². The molecule has 3 rings (SSSR count). The van der Waals surface area contributed by atoms with Crippen LogP contribution in [0.3, 0.4) is 0 Å². The maximum absolute atomic E-state index is 12.0. The molecule has 1 aromatic carbocycles. The third-order valence-corrected chi connectivity index (χ3v) is 5.09. The van der Waals surface area contributed by atoms with E-state index in [1.54, 1.807) is 0 Å². The van der Waals surface area contributed by atoms with E-state index in [1.807, 2.05) is 32.0 Å². The summed E-state index contributed by atoms with van der Waals surface area (Å²) in [5.74, 6) is 1.55. The molecule has 2 N–H and O–H groups in total. The molecular formula is C19H25N5O2S. The van der Waals surface area contributed by atoms with Crippen LogP contribution in [0.5, 0.6) is 0 Å². The van der Waals surface area contributed by atoms with Crippen molar-refractivity contribution in [1.29, 1.82) is 0 Å². The van der Waals surface area contributed by atoms with E-state index in [1.165, 1.54) is 17.3 Å². The largest absolute Gasteiger partial charge is 0.338 e. The molecular weight excluding hydrogens is 362 g/mol. The first kappa shape index (κ1) is 19.4. The highest BCUT2D eigenvalue weighted by Crippen LogP contribution is 2.40. The van der Waals surface area contributed by atoms with Crippen LogP contribution in [-0.2, 0) is 11.3 Å². The summed E-state index contributed by atoms with van der Waals surface area (Å²) in [4.78, 5) is 23.7. The Bertz CT molecular complexity index is 787. The van der Waals surface area contributed by atoms with Crippen molar-refractivity contribution in [3.63, 3.8) is 0 Å². The van der Waals surface area contributed by atoms with Gasteiger partial charge in [-0.2, -0.15) is 0 Å². The smallest absolute Gasteiger partial charge is 0.321 e. The molecule has 1 aliphatic carbocycles. The number of thioether (sulfide) groups is 1. The second kappa shape index (κ2) is 9.03. The normalized spacial score (nSPS) is 13.6. The molecule has 1 aromatic heterocycles. The third kappa shape index (κ3) is 5.82. The molecule has 0 saturated heterocycles. The number of amides is 3. The number of nitrogens with one attached hydrogen (secondary N) is 2. The SMILES string of the molecule is CC(C)CNC(=O)NC(=O)CSc1nnc(C2CC2)n1Cc1ccccc1. The predicted molar refractivity (Wildman–Crippen MR) is 105 cm³/mol. The lowest BCUT2D eigenvalue weighted by molar-refractivity contribution is -0.117. The number of aromatic nitrogens is 3. The first-order chi connectivity index (χ1) is 13.0. The van der Waals surface area contributed by atoms with Gasteiger partial charge in [0, 0.05) is 12.5 Å². The first-order valence-electron chi connectivity index (χ1n) is 9.20. The van der Waals surface area contributed by atoms with E-state index < -0.39 is 6.03 Å². The lowest BCUT2D eigenvalue weighted by atomic mass is 10.2. The van der Waals surface area contributed by atoms with Gasteiger partial charge in [0.1, 0.15) is 5.82 Å². The molecule has 0 spiro atoms. The molecule has 0 bridgehead atoms. The molecule has 1 fully saturated rings. The third-order valence-electron chi connectivity index (χ3n) is 4.13. The summed E-state index contributed by atoms with van der Waals surface area (Å²) in [6.07, 6.45) is 2.27. The Labute approximate surface area is 163 Å². The van der Waals surface area contributed by atoms with Gasteiger partial charge in [-0.15, -0.1) is 10.2 Å². The average molecular weight is 388 g/mol. The Balaban J connectivity index is 1.59. The maximum Gasteiger partial charge on any atom is 0.321 e. The molecule has 3 amide bonds. The summed E-state index contributed by atoms with van der Waals surface area (Å²) in [6, 6.07) is 9.67. The van der Waals surface area contributed by atoms with Crippen molar-refractivity contribution in [3.8, 4) is 0 Å². The van der Waals surface area contributed by atoms with Gasteiger partial charge in [-0.25, -0.2) is 4.79 Å². The van der Waals surface area contributed by atoms with E-state index in [2.05, 4.69) is 37.5 Å². The summed E-state index contributed by atoms with van der Waals surface area (Å²) in [5, 5.41) is 14.3. The minimum atomic E-state index is -0.460. The predicted octanol–water partition coefficient (Wildman–Crippen LogP) is 2.78. The minimum absolute atomic E-state index is 0.118. The van der Waals surface area contributed by atoms with Crippen molar-refractivity contribution < 1.29 is 9.59 Å². The molecule has 0 radical (unpaired) electrons. The highest BCUT2D eigenvalue weighted by molar-refractivity contribution is 7.99. The van der Waals surface area contributed by atoms with E-state index >= 15 is 0 Å². The van der Waals surface area contributed by atoms with E-state index in [0.29, 0.717) is 30.1 Å². The van der Waals surface area contributed by atoms with E-state index in [9.17, 15) is 9.59 Å².